The third-order valence-corrected chi connectivity index (χ3v) is 5.45. The normalized spacial score (nSPS) is 21.1. The molecule has 0 bridgehead atoms. The van der Waals surface area contributed by atoms with Gasteiger partial charge in [0.2, 0.25) is 5.91 Å². The van der Waals surface area contributed by atoms with Crippen LogP contribution < -0.4 is 5.32 Å². The third-order valence-electron chi connectivity index (χ3n) is 3.75. The van der Waals surface area contributed by atoms with Crippen LogP contribution in [0.5, 0.6) is 0 Å². The van der Waals surface area contributed by atoms with E-state index >= 15 is 0 Å². The fourth-order valence-corrected chi connectivity index (χ4v) is 4.02. The number of thiophene rings is 2. The highest BCUT2D eigenvalue weighted by Gasteiger charge is 2.34. The van der Waals surface area contributed by atoms with E-state index < -0.39 is 5.60 Å². The standard InChI is InChI=1S/C15H17NO3S2/c17-14(11-3-5-19-8-11)16-10-15(18,12-4-7-20-9-12)13-2-1-6-21-13/h1-2,4,6-7,9,11,18H,3,5,8,10H2,(H,16,17). The van der Waals surface area contributed by atoms with Crippen molar-refractivity contribution in [1.82, 2.24) is 5.32 Å². The Morgan fingerprint density at radius 1 is 1.48 bits per heavy atom. The lowest BCUT2D eigenvalue weighted by Gasteiger charge is -2.27. The van der Waals surface area contributed by atoms with E-state index in [1.54, 1.807) is 0 Å². The Hall–Kier alpha value is -1.21. The number of carbonyl (C=O) groups excluding carboxylic acids is 1. The van der Waals surface area contributed by atoms with Gasteiger partial charge in [0.15, 0.2) is 0 Å². The zero-order valence-electron chi connectivity index (χ0n) is 11.5. The highest BCUT2D eigenvalue weighted by Crippen LogP contribution is 2.33. The Bertz CT molecular complexity index is 540. The Morgan fingerprint density at radius 3 is 3.00 bits per heavy atom. The first kappa shape index (κ1) is 14.7. The van der Waals surface area contributed by atoms with Crippen LogP contribution in [-0.2, 0) is 15.1 Å². The van der Waals surface area contributed by atoms with Gasteiger partial charge in [0.25, 0.3) is 0 Å². The molecule has 112 valence electrons. The van der Waals surface area contributed by atoms with Gasteiger partial charge in [-0.15, -0.1) is 11.3 Å². The summed E-state index contributed by atoms with van der Waals surface area (Å²) in [4.78, 5) is 13.0. The van der Waals surface area contributed by atoms with Gasteiger partial charge in [-0.25, -0.2) is 0 Å². The van der Waals surface area contributed by atoms with Crippen LogP contribution >= 0.6 is 22.7 Å². The van der Waals surface area contributed by atoms with Crippen molar-refractivity contribution in [2.45, 2.75) is 12.0 Å². The number of nitrogens with one attached hydrogen (secondary N) is 1. The Balaban J connectivity index is 1.76. The first-order valence-corrected chi connectivity index (χ1v) is 8.67. The van der Waals surface area contributed by atoms with Gasteiger partial charge in [-0.1, -0.05) is 6.07 Å². The van der Waals surface area contributed by atoms with E-state index in [0.29, 0.717) is 13.2 Å². The maximum absolute atomic E-state index is 12.1. The Labute approximate surface area is 131 Å². The van der Waals surface area contributed by atoms with Crippen LogP contribution in [0.2, 0.25) is 0 Å². The van der Waals surface area contributed by atoms with E-state index in [4.69, 9.17) is 4.74 Å². The maximum Gasteiger partial charge on any atom is 0.225 e. The number of hydrogen-bond donors (Lipinski definition) is 2. The SMILES string of the molecule is O=C(NCC(O)(c1ccsc1)c1cccs1)C1CCOC1. The summed E-state index contributed by atoms with van der Waals surface area (Å²) >= 11 is 3.03. The molecule has 2 atom stereocenters. The monoisotopic (exact) mass is 323 g/mol. The predicted molar refractivity (Wildman–Crippen MR) is 83.6 cm³/mol. The molecule has 0 saturated carbocycles. The number of hydrogen-bond acceptors (Lipinski definition) is 5. The molecule has 2 N–H and O–H groups in total. The molecule has 6 heteroatoms. The number of aliphatic hydroxyl groups is 1. The summed E-state index contributed by atoms with van der Waals surface area (Å²) in [6.45, 7) is 1.29. The van der Waals surface area contributed by atoms with Crippen LogP contribution in [0.15, 0.2) is 34.3 Å². The van der Waals surface area contributed by atoms with E-state index in [2.05, 4.69) is 5.32 Å². The van der Waals surface area contributed by atoms with Gasteiger partial charge < -0.3 is 15.2 Å². The van der Waals surface area contributed by atoms with Crippen molar-refractivity contribution >= 4 is 28.6 Å². The van der Waals surface area contributed by atoms with E-state index in [-0.39, 0.29) is 18.4 Å². The third kappa shape index (κ3) is 3.03. The summed E-state index contributed by atoms with van der Waals surface area (Å²) in [6.07, 6.45) is 0.752. The lowest BCUT2D eigenvalue weighted by molar-refractivity contribution is -0.125. The highest BCUT2D eigenvalue weighted by atomic mass is 32.1. The van der Waals surface area contributed by atoms with Crippen molar-refractivity contribution in [1.29, 1.82) is 0 Å². The molecule has 1 fully saturated rings. The van der Waals surface area contributed by atoms with Gasteiger partial charge >= 0.3 is 0 Å². The Morgan fingerprint density at radius 2 is 2.38 bits per heavy atom. The molecular weight excluding hydrogens is 306 g/mol. The smallest absolute Gasteiger partial charge is 0.225 e. The molecule has 2 aromatic heterocycles. The van der Waals surface area contributed by atoms with Gasteiger partial charge in [0, 0.05) is 17.0 Å². The van der Waals surface area contributed by atoms with Crippen LogP contribution in [0.4, 0.5) is 0 Å². The van der Waals surface area contributed by atoms with Gasteiger partial charge in [-0.3, -0.25) is 4.79 Å². The van der Waals surface area contributed by atoms with Gasteiger partial charge in [-0.05, 0) is 34.7 Å². The molecule has 1 aliphatic heterocycles. The summed E-state index contributed by atoms with van der Waals surface area (Å²) in [7, 11) is 0. The summed E-state index contributed by atoms with van der Waals surface area (Å²) in [5, 5.41) is 19.8. The molecule has 3 rings (SSSR count). The van der Waals surface area contributed by atoms with Crippen LogP contribution in [0.1, 0.15) is 16.9 Å². The fraction of sp³-hybridized carbons (Fsp3) is 0.400. The highest BCUT2D eigenvalue weighted by molar-refractivity contribution is 7.10. The molecule has 0 radical (unpaired) electrons. The first-order valence-electron chi connectivity index (χ1n) is 6.84. The average molecular weight is 323 g/mol. The van der Waals surface area contributed by atoms with E-state index in [1.807, 2.05) is 34.3 Å². The van der Waals surface area contributed by atoms with Crippen molar-refractivity contribution in [3.8, 4) is 0 Å². The second-order valence-corrected chi connectivity index (χ2v) is 6.86. The summed E-state index contributed by atoms with van der Waals surface area (Å²) < 4.78 is 5.24. The fourth-order valence-electron chi connectivity index (χ4n) is 2.45. The Kier molecular flexibility index (Phi) is 4.40. The number of carbonyl (C=O) groups is 1. The molecule has 0 spiro atoms. The van der Waals surface area contributed by atoms with E-state index in [9.17, 15) is 9.90 Å². The van der Waals surface area contributed by atoms with Gasteiger partial charge in [0.05, 0.1) is 19.1 Å². The van der Waals surface area contributed by atoms with E-state index in [0.717, 1.165) is 16.9 Å². The molecule has 1 saturated heterocycles. The lowest BCUT2D eigenvalue weighted by atomic mass is 9.94. The second kappa shape index (κ2) is 6.27. The minimum absolute atomic E-state index is 0.0438. The summed E-state index contributed by atoms with van der Waals surface area (Å²) in [6, 6.07) is 5.70. The van der Waals surface area contributed by atoms with Gasteiger partial charge in [0.1, 0.15) is 5.60 Å². The number of rotatable bonds is 5. The first-order chi connectivity index (χ1) is 10.2. The predicted octanol–water partition coefficient (Wildman–Crippen LogP) is 2.20. The zero-order valence-corrected chi connectivity index (χ0v) is 13.1. The van der Waals surface area contributed by atoms with Crippen LogP contribution in [-0.4, -0.2) is 30.8 Å². The van der Waals surface area contributed by atoms with Crippen molar-refractivity contribution in [3.05, 3.63) is 44.8 Å². The molecule has 0 aromatic carbocycles. The van der Waals surface area contributed by atoms with Crippen molar-refractivity contribution in [2.75, 3.05) is 19.8 Å². The molecule has 21 heavy (non-hydrogen) atoms. The van der Waals surface area contributed by atoms with Crippen molar-refractivity contribution in [2.24, 2.45) is 5.92 Å². The molecule has 1 amide bonds. The van der Waals surface area contributed by atoms with Gasteiger partial charge in [-0.2, -0.15) is 11.3 Å². The second-order valence-electron chi connectivity index (χ2n) is 5.13. The number of amides is 1. The molecule has 4 nitrogen and oxygen atoms in total. The zero-order chi connectivity index (χ0) is 14.7. The topological polar surface area (TPSA) is 58.6 Å². The van der Waals surface area contributed by atoms with Crippen LogP contribution in [0.25, 0.3) is 0 Å². The molecular formula is C15H17NO3S2. The van der Waals surface area contributed by atoms with Crippen LogP contribution in [0.3, 0.4) is 0 Å². The minimum Gasteiger partial charge on any atom is -0.381 e. The summed E-state index contributed by atoms with van der Waals surface area (Å²) in [5.74, 6) is -0.141. The number of ether oxygens (including phenoxy) is 1. The maximum atomic E-state index is 12.1. The quantitative estimate of drug-likeness (QED) is 0.887. The van der Waals surface area contributed by atoms with E-state index in [1.165, 1.54) is 22.7 Å². The molecule has 2 unspecified atom stereocenters. The summed E-state index contributed by atoms with van der Waals surface area (Å²) in [5.41, 5.74) is -0.346. The van der Waals surface area contributed by atoms with Crippen LogP contribution in [0, 0.1) is 5.92 Å². The largest absolute Gasteiger partial charge is 0.381 e. The lowest BCUT2D eigenvalue weighted by Crippen LogP contribution is -2.43. The molecule has 0 aliphatic carbocycles. The average Bonchev–Trinajstić information content (AvgIpc) is 3.27. The minimum atomic E-state index is -1.16. The van der Waals surface area contributed by atoms with Crippen molar-refractivity contribution < 1.29 is 14.6 Å². The molecule has 3 heterocycles. The molecule has 1 aliphatic rings. The van der Waals surface area contributed by atoms with Crippen molar-refractivity contribution in [3.63, 3.8) is 0 Å². The molecule has 2 aromatic rings.